The molecule has 0 fully saturated rings. The van der Waals surface area contributed by atoms with Crippen LogP contribution in [-0.2, 0) is 16.8 Å². The molecule has 0 atom stereocenters. The number of nitrogens with zero attached hydrogens (tertiary/aromatic N) is 2. The highest BCUT2D eigenvalue weighted by Gasteiger charge is 2.30. The molecule has 0 bridgehead atoms. The number of carboxylic acids is 1. The minimum atomic E-state index is -1.19. The molecule has 2 aromatic rings. The van der Waals surface area contributed by atoms with Crippen LogP contribution >= 0.6 is 0 Å². The van der Waals surface area contributed by atoms with Crippen molar-refractivity contribution in [3.63, 3.8) is 0 Å². The van der Waals surface area contributed by atoms with Crippen molar-refractivity contribution >= 4 is 17.6 Å². The van der Waals surface area contributed by atoms with Crippen LogP contribution in [0.15, 0.2) is 29.1 Å². The van der Waals surface area contributed by atoms with Gasteiger partial charge in [0.05, 0.1) is 23.7 Å². The summed E-state index contributed by atoms with van der Waals surface area (Å²) in [6.45, 7) is 5.06. The van der Waals surface area contributed by atoms with Gasteiger partial charge in [-0.3, -0.25) is 9.48 Å². The maximum Gasteiger partial charge on any atom is 0.331 e. The Balaban J connectivity index is 2.15. The maximum atomic E-state index is 12.2. The van der Waals surface area contributed by atoms with E-state index in [1.54, 1.807) is 6.07 Å². The van der Waals surface area contributed by atoms with Crippen LogP contribution < -0.4 is 5.32 Å². The number of aliphatic carboxylic acids is 1. The lowest BCUT2D eigenvalue weighted by Crippen LogP contribution is -2.35. The molecule has 1 amide bonds. The van der Waals surface area contributed by atoms with Crippen molar-refractivity contribution in [2.24, 2.45) is 0 Å². The normalized spacial score (nSPS) is 11.4. The second kappa shape index (κ2) is 6.05. The maximum absolute atomic E-state index is 12.2. The third-order valence-electron chi connectivity index (χ3n) is 3.40. The molecule has 2 heterocycles. The van der Waals surface area contributed by atoms with Crippen LogP contribution in [0.25, 0.3) is 0 Å². The summed E-state index contributed by atoms with van der Waals surface area (Å²) in [5, 5.41) is 15.9. The molecule has 0 aliphatic heterocycles. The van der Waals surface area contributed by atoms with Crippen molar-refractivity contribution in [3.05, 3.63) is 36.0 Å². The standard InChI is InChI=1S/C15H19N3O4/c1-4-5-12-11(6-7-22-12)13(19)17-10-8-16-18(9-10)15(2,3)14(20)21/h6-9H,4-5H2,1-3H3,(H,17,19)(H,20,21). The van der Waals surface area contributed by atoms with Crippen LogP contribution in [0.2, 0.25) is 0 Å². The van der Waals surface area contributed by atoms with Gasteiger partial charge in [-0.15, -0.1) is 0 Å². The highest BCUT2D eigenvalue weighted by molar-refractivity contribution is 6.04. The molecule has 118 valence electrons. The highest BCUT2D eigenvalue weighted by Crippen LogP contribution is 2.19. The second-order valence-electron chi connectivity index (χ2n) is 5.50. The molecule has 2 N–H and O–H groups in total. The van der Waals surface area contributed by atoms with Crippen molar-refractivity contribution < 1.29 is 19.1 Å². The van der Waals surface area contributed by atoms with E-state index in [0.29, 0.717) is 23.4 Å². The van der Waals surface area contributed by atoms with Gasteiger partial charge in [-0.05, 0) is 26.3 Å². The fourth-order valence-corrected chi connectivity index (χ4v) is 1.95. The topological polar surface area (TPSA) is 97.4 Å². The molecule has 0 saturated carbocycles. The van der Waals surface area contributed by atoms with Gasteiger partial charge in [0.15, 0.2) is 5.54 Å². The number of aromatic nitrogens is 2. The molecule has 0 radical (unpaired) electrons. The minimum absolute atomic E-state index is 0.301. The van der Waals surface area contributed by atoms with E-state index in [9.17, 15) is 14.7 Å². The molecule has 0 aliphatic carbocycles. The van der Waals surface area contributed by atoms with Crippen LogP contribution in [0.3, 0.4) is 0 Å². The first-order chi connectivity index (χ1) is 10.4. The number of hydrogen-bond acceptors (Lipinski definition) is 4. The molecule has 0 aromatic carbocycles. The molecular formula is C15H19N3O4. The van der Waals surface area contributed by atoms with Gasteiger partial charge in [0.2, 0.25) is 0 Å². The average molecular weight is 305 g/mol. The molecule has 7 heteroatoms. The van der Waals surface area contributed by atoms with E-state index in [0.717, 1.165) is 6.42 Å². The molecular weight excluding hydrogens is 286 g/mol. The van der Waals surface area contributed by atoms with Gasteiger partial charge >= 0.3 is 5.97 Å². The third kappa shape index (κ3) is 3.03. The molecule has 7 nitrogen and oxygen atoms in total. The molecule has 2 rings (SSSR count). The fraction of sp³-hybridized carbons (Fsp3) is 0.400. The summed E-state index contributed by atoms with van der Waals surface area (Å²) in [5.41, 5.74) is -0.276. The fourth-order valence-electron chi connectivity index (χ4n) is 1.95. The summed E-state index contributed by atoms with van der Waals surface area (Å²) >= 11 is 0. The summed E-state index contributed by atoms with van der Waals surface area (Å²) in [5.74, 6) is -0.670. The molecule has 0 spiro atoms. The summed E-state index contributed by atoms with van der Waals surface area (Å²) in [6, 6.07) is 1.62. The first kappa shape index (κ1) is 15.8. The van der Waals surface area contributed by atoms with Gasteiger partial charge in [0.25, 0.3) is 5.91 Å². The van der Waals surface area contributed by atoms with Gasteiger partial charge in [-0.2, -0.15) is 5.10 Å². The zero-order chi connectivity index (χ0) is 16.3. The van der Waals surface area contributed by atoms with Gasteiger partial charge in [-0.1, -0.05) is 6.92 Å². The number of hydrogen-bond donors (Lipinski definition) is 2. The van der Waals surface area contributed by atoms with Crippen molar-refractivity contribution in [1.29, 1.82) is 0 Å². The van der Waals surface area contributed by atoms with E-state index in [1.807, 2.05) is 6.92 Å². The first-order valence-electron chi connectivity index (χ1n) is 7.02. The zero-order valence-electron chi connectivity index (χ0n) is 12.8. The number of carbonyl (C=O) groups excluding carboxylic acids is 1. The largest absolute Gasteiger partial charge is 0.479 e. The Morgan fingerprint density at radius 2 is 2.18 bits per heavy atom. The smallest absolute Gasteiger partial charge is 0.331 e. The first-order valence-corrected chi connectivity index (χ1v) is 7.02. The lowest BCUT2D eigenvalue weighted by atomic mass is 10.1. The lowest BCUT2D eigenvalue weighted by molar-refractivity contribution is -0.146. The Morgan fingerprint density at radius 3 is 2.82 bits per heavy atom. The van der Waals surface area contributed by atoms with Crippen molar-refractivity contribution in [1.82, 2.24) is 9.78 Å². The Hall–Kier alpha value is -2.57. The Morgan fingerprint density at radius 1 is 1.45 bits per heavy atom. The van der Waals surface area contributed by atoms with E-state index in [-0.39, 0.29) is 5.91 Å². The number of carbonyl (C=O) groups is 2. The van der Waals surface area contributed by atoms with Crippen LogP contribution in [0.1, 0.15) is 43.3 Å². The average Bonchev–Trinajstić information content (AvgIpc) is 3.08. The number of anilines is 1. The van der Waals surface area contributed by atoms with Crippen molar-refractivity contribution in [2.75, 3.05) is 5.32 Å². The number of furan rings is 1. The SMILES string of the molecule is CCCc1occc1C(=O)Nc1cnn(C(C)(C)C(=O)O)c1. The van der Waals surface area contributed by atoms with Gasteiger partial charge < -0.3 is 14.8 Å². The van der Waals surface area contributed by atoms with Gasteiger partial charge in [0, 0.05) is 12.6 Å². The molecule has 0 aliphatic rings. The number of rotatable bonds is 6. The molecule has 0 unspecified atom stereocenters. The zero-order valence-corrected chi connectivity index (χ0v) is 12.8. The highest BCUT2D eigenvalue weighted by atomic mass is 16.4. The van der Waals surface area contributed by atoms with Crippen molar-refractivity contribution in [2.45, 2.75) is 39.2 Å². The van der Waals surface area contributed by atoms with Crippen LogP contribution in [0, 0.1) is 0 Å². The number of carboxylic acid groups (broad SMARTS) is 1. The summed E-state index contributed by atoms with van der Waals surface area (Å²) < 4.78 is 6.59. The van der Waals surface area contributed by atoms with Crippen LogP contribution in [0.5, 0.6) is 0 Å². The van der Waals surface area contributed by atoms with Crippen LogP contribution in [0.4, 0.5) is 5.69 Å². The Kier molecular flexibility index (Phi) is 4.35. The van der Waals surface area contributed by atoms with E-state index in [1.165, 1.54) is 37.2 Å². The second-order valence-corrected chi connectivity index (χ2v) is 5.50. The number of nitrogens with one attached hydrogen (secondary N) is 1. The summed E-state index contributed by atoms with van der Waals surface area (Å²) in [7, 11) is 0. The van der Waals surface area contributed by atoms with Gasteiger partial charge in [-0.25, -0.2) is 4.79 Å². The van der Waals surface area contributed by atoms with Gasteiger partial charge in [0.1, 0.15) is 5.76 Å². The number of aryl methyl sites for hydroxylation is 1. The lowest BCUT2D eigenvalue weighted by Gasteiger charge is -2.19. The van der Waals surface area contributed by atoms with E-state index < -0.39 is 11.5 Å². The predicted octanol–water partition coefficient (Wildman–Crippen LogP) is 2.50. The summed E-state index contributed by atoms with van der Waals surface area (Å²) in [4.78, 5) is 23.4. The molecule has 22 heavy (non-hydrogen) atoms. The summed E-state index contributed by atoms with van der Waals surface area (Å²) in [6.07, 6.45) is 5.95. The number of amides is 1. The monoisotopic (exact) mass is 305 g/mol. The molecule has 0 saturated heterocycles. The van der Waals surface area contributed by atoms with Crippen LogP contribution in [-0.4, -0.2) is 26.8 Å². The van der Waals surface area contributed by atoms with E-state index in [2.05, 4.69) is 10.4 Å². The minimum Gasteiger partial charge on any atom is -0.479 e. The third-order valence-corrected chi connectivity index (χ3v) is 3.40. The predicted molar refractivity (Wildman–Crippen MR) is 79.8 cm³/mol. The Labute approximate surface area is 127 Å². The Bertz CT molecular complexity index is 685. The quantitative estimate of drug-likeness (QED) is 0.854. The molecule has 2 aromatic heterocycles. The van der Waals surface area contributed by atoms with Crippen molar-refractivity contribution in [3.8, 4) is 0 Å². The van der Waals surface area contributed by atoms with E-state index in [4.69, 9.17) is 4.42 Å². The van der Waals surface area contributed by atoms with E-state index >= 15 is 0 Å².